The Morgan fingerprint density at radius 3 is 2.42 bits per heavy atom. The standard InChI is InChI=1S/C9H15NO2/c1-7-9(2,12-7)8(11)5-6-10(3)4/h5-7H,1-4H3/b6-5+. The van der Waals surface area contributed by atoms with E-state index in [0.29, 0.717) is 0 Å². The van der Waals surface area contributed by atoms with Crippen LogP contribution in [0, 0.1) is 0 Å². The van der Waals surface area contributed by atoms with E-state index in [9.17, 15) is 4.79 Å². The van der Waals surface area contributed by atoms with Gasteiger partial charge in [-0.3, -0.25) is 4.79 Å². The van der Waals surface area contributed by atoms with Gasteiger partial charge in [0.05, 0.1) is 6.10 Å². The van der Waals surface area contributed by atoms with Gasteiger partial charge < -0.3 is 9.64 Å². The number of rotatable bonds is 3. The molecule has 0 radical (unpaired) electrons. The normalized spacial score (nSPS) is 33.8. The summed E-state index contributed by atoms with van der Waals surface area (Å²) >= 11 is 0. The molecule has 0 aromatic carbocycles. The van der Waals surface area contributed by atoms with Crippen LogP contribution in [0.5, 0.6) is 0 Å². The molecule has 0 aliphatic carbocycles. The van der Waals surface area contributed by atoms with Crippen molar-refractivity contribution in [3.63, 3.8) is 0 Å². The van der Waals surface area contributed by atoms with Crippen LogP contribution >= 0.6 is 0 Å². The maximum absolute atomic E-state index is 11.4. The number of ether oxygens (including phenoxy) is 1. The number of nitrogens with zero attached hydrogens (tertiary/aromatic N) is 1. The second-order valence-electron chi connectivity index (χ2n) is 3.51. The zero-order valence-electron chi connectivity index (χ0n) is 8.00. The number of epoxide rings is 1. The predicted molar refractivity (Wildman–Crippen MR) is 46.8 cm³/mol. The Labute approximate surface area is 73.0 Å². The van der Waals surface area contributed by atoms with Crippen LogP contribution in [-0.4, -0.2) is 36.5 Å². The molecule has 1 heterocycles. The Morgan fingerprint density at radius 1 is 1.58 bits per heavy atom. The largest absolute Gasteiger partial charge is 0.383 e. The van der Waals surface area contributed by atoms with E-state index in [-0.39, 0.29) is 11.9 Å². The van der Waals surface area contributed by atoms with Crippen molar-refractivity contribution in [2.75, 3.05) is 14.1 Å². The van der Waals surface area contributed by atoms with Crippen molar-refractivity contribution in [3.05, 3.63) is 12.3 Å². The van der Waals surface area contributed by atoms with Gasteiger partial charge in [-0.2, -0.15) is 0 Å². The zero-order valence-corrected chi connectivity index (χ0v) is 8.00. The molecule has 0 bridgehead atoms. The Bertz CT molecular complexity index is 223. The van der Waals surface area contributed by atoms with E-state index < -0.39 is 5.60 Å². The Balaban J connectivity index is 2.50. The third-order valence-electron chi connectivity index (χ3n) is 2.15. The molecule has 1 fully saturated rings. The quantitative estimate of drug-likeness (QED) is 0.463. The number of ketones is 1. The summed E-state index contributed by atoms with van der Waals surface area (Å²) in [7, 11) is 3.76. The molecule has 0 N–H and O–H groups in total. The fraction of sp³-hybridized carbons (Fsp3) is 0.667. The van der Waals surface area contributed by atoms with Gasteiger partial charge in [-0.15, -0.1) is 0 Å². The van der Waals surface area contributed by atoms with E-state index in [1.165, 1.54) is 0 Å². The van der Waals surface area contributed by atoms with Crippen LogP contribution in [0.15, 0.2) is 12.3 Å². The SMILES string of the molecule is CC1OC1(C)C(=O)/C=C/N(C)C. The molecular weight excluding hydrogens is 154 g/mol. The summed E-state index contributed by atoms with van der Waals surface area (Å²) in [6, 6.07) is 0. The summed E-state index contributed by atoms with van der Waals surface area (Å²) in [4.78, 5) is 13.2. The number of carbonyl (C=O) groups is 1. The molecule has 0 saturated carbocycles. The van der Waals surface area contributed by atoms with Crippen molar-refractivity contribution < 1.29 is 9.53 Å². The molecule has 1 saturated heterocycles. The lowest BCUT2D eigenvalue weighted by atomic mass is 10.0. The summed E-state index contributed by atoms with van der Waals surface area (Å²) in [6.07, 6.45) is 3.36. The predicted octanol–water partition coefficient (Wildman–Crippen LogP) is 0.808. The number of carbonyl (C=O) groups excluding carboxylic acids is 1. The second kappa shape index (κ2) is 2.90. The minimum atomic E-state index is -0.549. The fourth-order valence-corrected chi connectivity index (χ4v) is 0.974. The minimum absolute atomic E-state index is 0.0451. The lowest BCUT2D eigenvalue weighted by Gasteiger charge is -2.04. The molecule has 68 valence electrons. The summed E-state index contributed by atoms with van der Waals surface area (Å²) in [5, 5.41) is 0. The fourth-order valence-electron chi connectivity index (χ4n) is 0.974. The van der Waals surface area contributed by atoms with Crippen LogP contribution in [0.25, 0.3) is 0 Å². The average molecular weight is 169 g/mol. The van der Waals surface area contributed by atoms with Crippen LogP contribution in [-0.2, 0) is 9.53 Å². The Morgan fingerprint density at radius 2 is 2.08 bits per heavy atom. The van der Waals surface area contributed by atoms with E-state index >= 15 is 0 Å². The van der Waals surface area contributed by atoms with Gasteiger partial charge in [0.2, 0.25) is 0 Å². The van der Waals surface area contributed by atoms with Crippen molar-refractivity contribution in [2.45, 2.75) is 25.6 Å². The van der Waals surface area contributed by atoms with E-state index in [1.54, 1.807) is 12.3 Å². The van der Waals surface area contributed by atoms with Crippen LogP contribution in [0.1, 0.15) is 13.8 Å². The smallest absolute Gasteiger partial charge is 0.191 e. The second-order valence-corrected chi connectivity index (χ2v) is 3.51. The van der Waals surface area contributed by atoms with Crippen molar-refractivity contribution >= 4 is 5.78 Å². The van der Waals surface area contributed by atoms with Crippen molar-refractivity contribution in [3.8, 4) is 0 Å². The summed E-state index contributed by atoms with van der Waals surface area (Å²) in [6.45, 7) is 3.72. The van der Waals surface area contributed by atoms with Gasteiger partial charge in [-0.25, -0.2) is 0 Å². The number of hydrogen-bond acceptors (Lipinski definition) is 3. The van der Waals surface area contributed by atoms with Gasteiger partial charge in [0.15, 0.2) is 11.4 Å². The Hall–Kier alpha value is -0.830. The molecule has 1 rings (SSSR count). The van der Waals surface area contributed by atoms with Crippen LogP contribution < -0.4 is 0 Å². The van der Waals surface area contributed by atoms with Crippen LogP contribution in [0.3, 0.4) is 0 Å². The van der Waals surface area contributed by atoms with Gasteiger partial charge in [0.1, 0.15) is 0 Å². The maximum Gasteiger partial charge on any atom is 0.191 e. The summed E-state index contributed by atoms with van der Waals surface area (Å²) in [5.74, 6) is 0.0451. The summed E-state index contributed by atoms with van der Waals surface area (Å²) in [5.41, 5.74) is -0.549. The monoisotopic (exact) mass is 169 g/mol. The zero-order chi connectivity index (χ0) is 9.35. The highest BCUT2D eigenvalue weighted by molar-refractivity contribution is 5.99. The topological polar surface area (TPSA) is 32.8 Å². The third kappa shape index (κ3) is 1.67. The molecule has 0 amide bonds. The molecular formula is C9H15NO2. The van der Waals surface area contributed by atoms with Crippen molar-refractivity contribution in [1.82, 2.24) is 4.90 Å². The maximum atomic E-state index is 11.4. The van der Waals surface area contributed by atoms with E-state index in [2.05, 4.69) is 0 Å². The first-order valence-electron chi connectivity index (χ1n) is 4.03. The van der Waals surface area contributed by atoms with Crippen molar-refractivity contribution in [1.29, 1.82) is 0 Å². The van der Waals surface area contributed by atoms with Crippen LogP contribution in [0.4, 0.5) is 0 Å². The molecule has 0 aromatic heterocycles. The minimum Gasteiger partial charge on any atom is -0.383 e. The van der Waals surface area contributed by atoms with Gasteiger partial charge in [0, 0.05) is 26.4 Å². The molecule has 12 heavy (non-hydrogen) atoms. The molecule has 0 aromatic rings. The highest BCUT2D eigenvalue weighted by atomic mass is 16.6. The summed E-state index contributed by atoms with van der Waals surface area (Å²) < 4.78 is 5.18. The van der Waals surface area contributed by atoms with Crippen molar-refractivity contribution in [2.24, 2.45) is 0 Å². The highest BCUT2D eigenvalue weighted by Crippen LogP contribution is 2.36. The molecule has 2 unspecified atom stereocenters. The lowest BCUT2D eigenvalue weighted by molar-refractivity contribution is -0.118. The van der Waals surface area contributed by atoms with E-state index in [0.717, 1.165) is 0 Å². The van der Waals surface area contributed by atoms with Gasteiger partial charge in [0.25, 0.3) is 0 Å². The molecule has 3 heteroatoms. The highest BCUT2D eigenvalue weighted by Gasteiger charge is 2.54. The first-order chi connectivity index (χ1) is 5.47. The molecule has 1 aliphatic heterocycles. The first kappa shape index (κ1) is 9.26. The lowest BCUT2D eigenvalue weighted by Crippen LogP contribution is -2.21. The molecule has 3 nitrogen and oxygen atoms in total. The van der Waals surface area contributed by atoms with Gasteiger partial charge in [-0.05, 0) is 13.8 Å². The van der Waals surface area contributed by atoms with E-state index in [1.807, 2.05) is 32.8 Å². The Kier molecular flexibility index (Phi) is 2.24. The third-order valence-corrected chi connectivity index (χ3v) is 2.15. The van der Waals surface area contributed by atoms with Crippen LogP contribution in [0.2, 0.25) is 0 Å². The average Bonchev–Trinajstić information content (AvgIpc) is 2.56. The van der Waals surface area contributed by atoms with Gasteiger partial charge in [-0.1, -0.05) is 0 Å². The number of hydrogen-bond donors (Lipinski definition) is 0. The van der Waals surface area contributed by atoms with Gasteiger partial charge >= 0.3 is 0 Å². The van der Waals surface area contributed by atoms with E-state index in [4.69, 9.17) is 4.74 Å². The first-order valence-corrected chi connectivity index (χ1v) is 4.03. The molecule has 2 atom stereocenters. The molecule has 0 spiro atoms. The molecule has 1 aliphatic rings.